The molecule has 8 rings (SSSR count). The summed E-state index contributed by atoms with van der Waals surface area (Å²) < 4.78 is 11.1. The van der Waals surface area contributed by atoms with Gasteiger partial charge in [0.1, 0.15) is 25.3 Å². The molecule has 3 aliphatic rings. The van der Waals surface area contributed by atoms with Gasteiger partial charge in [0.15, 0.2) is 5.78 Å². The van der Waals surface area contributed by atoms with Crippen molar-refractivity contribution in [3.05, 3.63) is 105 Å². The fourth-order valence-electron chi connectivity index (χ4n) is 10.1. The van der Waals surface area contributed by atoms with E-state index in [0.717, 1.165) is 87.5 Å². The summed E-state index contributed by atoms with van der Waals surface area (Å²) in [6.45, 7) is 15.0. The first kappa shape index (κ1) is 50.9. The third-order valence-electron chi connectivity index (χ3n) is 14.0. The minimum Gasteiger partial charge on any atom is -0.391 e. The number of H-pyrrole nitrogens is 1. The standard InChI is InChI=1S/C54H64N8O8S/c1-8-34-22-39-40(54(6,7)49-46(47(39)66)38-14-11-33(25-55)21-41(38)59-49)24-42(34)61-17-15-36(16-18-61)58-44(64)28-69-19-20-70-29-45(65)60-50(53(3,4)5)52(68)62-27-37(63)23-43(62)51(67)56-26-32-9-12-35(13-10-32)48-31(2)57-30-71-48/h9-14,21-22,24,30,36-37,43,50,59,63H,8,15-20,23,26-29H2,1-7H3,(H,56,67)(H,58,64)(H,60,65)/t37-,43+,50-/m1/s1. The van der Waals surface area contributed by atoms with Crippen molar-refractivity contribution in [3.63, 3.8) is 0 Å². The van der Waals surface area contributed by atoms with Gasteiger partial charge in [-0.3, -0.25) is 24.0 Å². The Kier molecular flexibility index (Phi) is 15.1. The lowest BCUT2D eigenvalue weighted by Gasteiger charge is -2.38. The number of nitrogens with zero attached hydrogens (tertiary/aromatic N) is 4. The van der Waals surface area contributed by atoms with Crippen molar-refractivity contribution in [2.45, 2.75) is 110 Å². The highest BCUT2D eigenvalue weighted by Crippen LogP contribution is 2.46. The summed E-state index contributed by atoms with van der Waals surface area (Å²) >= 11 is 1.57. The number of aryl methyl sites for hydroxylation is 2. The monoisotopic (exact) mass is 984 g/mol. The topological polar surface area (TPSA) is 219 Å². The number of aliphatic hydroxyl groups excluding tert-OH is 1. The van der Waals surface area contributed by atoms with E-state index in [1.807, 2.05) is 58.0 Å². The molecule has 4 heterocycles. The van der Waals surface area contributed by atoms with Gasteiger partial charge < -0.3 is 45.3 Å². The maximum absolute atomic E-state index is 14.1. The number of thiazole rings is 1. The van der Waals surface area contributed by atoms with Crippen LogP contribution < -0.4 is 20.9 Å². The van der Waals surface area contributed by atoms with Crippen LogP contribution >= 0.6 is 11.3 Å². The smallest absolute Gasteiger partial charge is 0.246 e. The molecular weight excluding hydrogens is 921 g/mol. The van der Waals surface area contributed by atoms with Crippen LogP contribution in [0, 0.1) is 23.7 Å². The van der Waals surface area contributed by atoms with Gasteiger partial charge in [0.2, 0.25) is 23.6 Å². The molecule has 0 radical (unpaired) electrons. The number of carbonyl (C=O) groups excluding carboxylic acids is 5. The van der Waals surface area contributed by atoms with Crippen LogP contribution in [0.1, 0.15) is 110 Å². The number of likely N-dealkylation sites (tertiary alicyclic amines) is 1. The van der Waals surface area contributed by atoms with Gasteiger partial charge in [-0.15, -0.1) is 11.3 Å². The minimum atomic E-state index is -1.01. The van der Waals surface area contributed by atoms with Crippen LogP contribution in [-0.2, 0) is 47.0 Å². The quantitative estimate of drug-likeness (QED) is 0.0741. The van der Waals surface area contributed by atoms with E-state index in [9.17, 15) is 34.3 Å². The number of aromatic amines is 1. The number of aromatic nitrogens is 2. The number of hydrogen-bond acceptors (Lipinski definition) is 12. The van der Waals surface area contributed by atoms with E-state index in [0.29, 0.717) is 16.7 Å². The minimum absolute atomic E-state index is 0.0127. The molecule has 16 nitrogen and oxygen atoms in total. The van der Waals surface area contributed by atoms with Crippen molar-refractivity contribution < 1.29 is 38.6 Å². The Morgan fingerprint density at radius 2 is 1.72 bits per heavy atom. The van der Waals surface area contributed by atoms with Gasteiger partial charge in [-0.1, -0.05) is 71.9 Å². The summed E-state index contributed by atoms with van der Waals surface area (Å²) in [6, 6.07) is 17.7. The second-order valence-electron chi connectivity index (χ2n) is 20.5. The molecule has 3 atom stereocenters. The van der Waals surface area contributed by atoms with Crippen molar-refractivity contribution in [1.82, 2.24) is 30.8 Å². The van der Waals surface area contributed by atoms with Crippen LogP contribution in [0.15, 0.2) is 60.1 Å². The average molecular weight is 985 g/mol. The molecule has 4 amide bonds. The number of nitrogens with one attached hydrogen (secondary N) is 4. The van der Waals surface area contributed by atoms with Crippen molar-refractivity contribution in [2.75, 3.05) is 51.0 Å². The largest absolute Gasteiger partial charge is 0.391 e. The van der Waals surface area contributed by atoms with Crippen molar-refractivity contribution >= 4 is 57.3 Å². The summed E-state index contributed by atoms with van der Waals surface area (Å²) in [4.78, 5) is 80.2. The molecule has 374 valence electrons. The molecule has 0 saturated carbocycles. The summed E-state index contributed by atoms with van der Waals surface area (Å²) in [6.07, 6.45) is 1.40. The number of nitriles is 1. The van der Waals surface area contributed by atoms with Gasteiger partial charge in [-0.05, 0) is 78.1 Å². The number of β-amino-alcohol motifs (C(OH)–C–C–N with tert-alkyl or cyclic N) is 1. The zero-order chi connectivity index (χ0) is 50.8. The number of benzene rings is 3. The molecule has 5 aromatic rings. The first-order chi connectivity index (χ1) is 33.9. The highest BCUT2D eigenvalue weighted by Gasteiger charge is 2.45. The van der Waals surface area contributed by atoms with E-state index in [2.05, 4.69) is 69.8 Å². The van der Waals surface area contributed by atoms with Crippen LogP contribution in [0.4, 0.5) is 5.69 Å². The molecule has 2 aromatic heterocycles. The Labute approximate surface area is 418 Å². The van der Waals surface area contributed by atoms with Crippen molar-refractivity contribution in [2.24, 2.45) is 5.41 Å². The maximum atomic E-state index is 14.1. The maximum Gasteiger partial charge on any atom is 0.246 e. The summed E-state index contributed by atoms with van der Waals surface area (Å²) in [5.41, 5.74) is 10.2. The Bertz CT molecular complexity index is 2870. The normalized spacial score (nSPS) is 18.2. The second kappa shape index (κ2) is 21.1. The number of amides is 4. The van der Waals surface area contributed by atoms with Crippen LogP contribution in [0.3, 0.4) is 0 Å². The third kappa shape index (κ3) is 10.9. The van der Waals surface area contributed by atoms with Gasteiger partial charge in [-0.2, -0.15) is 5.26 Å². The van der Waals surface area contributed by atoms with Crippen LogP contribution in [0.25, 0.3) is 21.3 Å². The van der Waals surface area contributed by atoms with Gasteiger partial charge in [0, 0.05) is 71.9 Å². The number of fused-ring (bicyclic) bond motifs is 4. The number of carbonyl (C=O) groups is 5. The van der Waals surface area contributed by atoms with Crippen LogP contribution in [0.2, 0.25) is 0 Å². The summed E-state index contributed by atoms with van der Waals surface area (Å²) in [5, 5.41) is 29.7. The Morgan fingerprint density at radius 3 is 2.37 bits per heavy atom. The molecule has 0 unspecified atom stereocenters. The molecule has 17 heteroatoms. The van der Waals surface area contributed by atoms with Crippen LogP contribution in [-0.4, -0.2) is 120 Å². The first-order valence-corrected chi connectivity index (χ1v) is 25.3. The summed E-state index contributed by atoms with van der Waals surface area (Å²) in [7, 11) is 0. The molecule has 0 spiro atoms. The fraction of sp³-hybridized carbons (Fsp3) is 0.463. The molecule has 1 aliphatic carbocycles. The van der Waals surface area contributed by atoms with E-state index in [-0.39, 0.29) is 69.6 Å². The van der Waals surface area contributed by atoms with E-state index in [1.54, 1.807) is 29.0 Å². The van der Waals surface area contributed by atoms with E-state index in [1.165, 1.54) is 4.90 Å². The predicted molar refractivity (Wildman–Crippen MR) is 271 cm³/mol. The van der Waals surface area contributed by atoms with Gasteiger partial charge >= 0.3 is 0 Å². The number of ketones is 1. The summed E-state index contributed by atoms with van der Waals surface area (Å²) in [5.74, 6) is -1.65. The Hall–Kier alpha value is -6.45. The van der Waals surface area contributed by atoms with Gasteiger partial charge in [-0.25, -0.2) is 4.98 Å². The van der Waals surface area contributed by atoms with E-state index in [4.69, 9.17) is 9.47 Å². The first-order valence-electron chi connectivity index (χ1n) is 24.4. The third-order valence-corrected chi connectivity index (χ3v) is 15.0. The van der Waals surface area contributed by atoms with Crippen molar-refractivity contribution in [3.8, 4) is 16.5 Å². The van der Waals surface area contributed by atoms with E-state index >= 15 is 0 Å². The second-order valence-corrected chi connectivity index (χ2v) is 21.3. The predicted octanol–water partition coefficient (Wildman–Crippen LogP) is 5.83. The highest BCUT2D eigenvalue weighted by atomic mass is 32.1. The fourth-order valence-corrected chi connectivity index (χ4v) is 10.9. The SMILES string of the molecule is CCc1cc2c(cc1N1CCC(NC(=O)COCCOCC(=O)N[C@H](C(=O)N3C[C@H](O)C[C@H]3C(=O)NCc3ccc(-c4scnc4C)cc3)C(C)(C)C)CC1)C(C)(C)c1[nH]c3cc(C#N)ccc3c1C2=O. The molecule has 0 bridgehead atoms. The number of rotatable bonds is 16. The molecule has 3 aromatic carbocycles. The lowest BCUT2D eigenvalue weighted by atomic mass is 9.70. The molecule has 5 N–H and O–H groups in total. The van der Waals surface area contributed by atoms with Gasteiger partial charge in [0.05, 0.1) is 52.6 Å². The zero-order valence-corrected chi connectivity index (χ0v) is 42.4. The molecule has 71 heavy (non-hydrogen) atoms. The number of piperidine rings is 1. The Balaban J connectivity index is 0.763. The highest BCUT2D eigenvalue weighted by molar-refractivity contribution is 7.13. The Morgan fingerprint density at radius 1 is 1.01 bits per heavy atom. The lowest BCUT2D eigenvalue weighted by molar-refractivity contribution is -0.144. The molecule has 2 saturated heterocycles. The van der Waals surface area contributed by atoms with Crippen LogP contribution in [0.5, 0.6) is 0 Å². The van der Waals surface area contributed by atoms with Crippen molar-refractivity contribution in [1.29, 1.82) is 5.26 Å². The molecular formula is C54H64N8O8S. The van der Waals surface area contributed by atoms with E-state index < -0.39 is 40.8 Å². The number of anilines is 1. The number of hydrogen-bond donors (Lipinski definition) is 5. The zero-order valence-electron chi connectivity index (χ0n) is 41.6. The number of ether oxygens (including phenoxy) is 2. The molecule has 2 fully saturated rings. The molecule has 2 aliphatic heterocycles. The lowest BCUT2D eigenvalue weighted by Crippen LogP contribution is -2.58. The number of aliphatic hydroxyl groups is 1. The van der Waals surface area contributed by atoms with Gasteiger partial charge in [0.25, 0.3) is 0 Å². The average Bonchev–Trinajstić information content (AvgIpc) is 4.09.